The third-order valence-corrected chi connectivity index (χ3v) is 4.63. The Morgan fingerprint density at radius 3 is 2.29 bits per heavy atom. The molecule has 0 radical (unpaired) electrons. The number of carbonyl (C=O) groups excluding carboxylic acids is 1. The number of benzene rings is 1. The van der Waals surface area contributed by atoms with Crippen LogP contribution in [0.5, 0.6) is 0 Å². The molecule has 0 saturated carbocycles. The summed E-state index contributed by atoms with van der Waals surface area (Å²) in [6.07, 6.45) is 1.33. The van der Waals surface area contributed by atoms with Gasteiger partial charge in [-0.1, -0.05) is 29.8 Å². The van der Waals surface area contributed by atoms with E-state index in [0.717, 1.165) is 11.8 Å². The lowest BCUT2D eigenvalue weighted by Gasteiger charge is -2.23. The van der Waals surface area contributed by atoms with Gasteiger partial charge in [0, 0.05) is 25.6 Å². The maximum Gasteiger partial charge on any atom is 0.221 e. The molecule has 0 aliphatic carbocycles. The molecule has 0 atom stereocenters. The Hall–Kier alpha value is -1.40. The molecule has 1 aromatic rings. The van der Waals surface area contributed by atoms with Crippen LogP contribution in [0.4, 0.5) is 0 Å². The van der Waals surface area contributed by atoms with E-state index < -0.39 is 10.0 Å². The Bertz CT molecular complexity index is 565. The maximum absolute atomic E-state index is 11.8. The van der Waals surface area contributed by atoms with Crippen molar-refractivity contribution in [2.75, 3.05) is 12.8 Å². The van der Waals surface area contributed by atoms with E-state index in [0.29, 0.717) is 6.54 Å². The fourth-order valence-corrected chi connectivity index (χ4v) is 3.20. The zero-order valence-corrected chi connectivity index (χ0v) is 13.9. The lowest BCUT2D eigenvalue weighted by molar-refractivity contribution is -0.121. The summed E-state index contributed by atoms with van der Waals surface area (Å²) in [7, 11) is -3.28. The van der Waals surface area contributed by atoms with Crippen molar-refractivity contribution in [1.82, 2.24) is 9.62 Å². The van der Waals surface area contributed by atoms with Crippen LogP contribution in [-0.2, 0) is 21.4 Å². The average Bonchev–Trinajstić information content (AvgIpc) is 2.36. The Morgan fingerprint density at radius 2 is 1.81 bits per heavy atom. The highest BCUT2D eigenvalue weighted by molar-refractivity contribution is 7.88. The Kier molecular flexibility index (Phi) is 6.36. The van der Waals surface area contributed by atoms with E-state index in [-0.39, 0.29) is 24.9 Å². The molecule has 0 heterocycles. The molecule has 0 aliphatic heterocycles. The van der Waals surface area contributed by atoms with Crippen LogP contribution in [0.15, 0.2) is 24.3 Å². The van der Waals surface area contributed by atoms with Crippen molar-refractivity contribution in [2.45, 2.75) is 39.8 Å². The van der Waals surface area contributed by atoms with Gasteiger partial charge in [-0.3, -0.25) is 4.79 Å². The van der Waals surface area contributed by atoms with E-state index >= 15 is 0 Å². The molecule has 0 aliphatic rings. The molecule has 5 nitrogen and oxygen atoms in total. The van der Waals surface area contributed by atoms with Crippen LogP contribution in [0.25, 0.3) is 0 Å². The number of hydrogen-bond acceptors (Lipinski definition) is 3. The molecule has 0 fully saturated rings. The summed E-state index contributed by atoms with van der Waals surface area (Å²) in [5.74, 6) is -0.148. The van der Waals surface area contributed by atoms with Crippen LogP contribution in [-0.4, -0.2) is 37.5 Å². The van der Waals surface area contributed by atoms with Crippen LogP contribution >= 0.6 is 0 Å². The van der Waals surface area contributed by atoms with E-state index in [9.17, 15) is 13.2 Å². The van der Waals surface area contributed by atoms with E-state index in [1.165, 1.54) is 9.87 Å². The molecular formula is C15H24N2O3S. The highest BCUT2D eigenvalue weighted by Crippen LogP contribution is 2.06. The maximum atomic E-state index is 11.8. The Labute approximate surface area is 127 Å². The molecule has 1 aromatic carbocycles. The van der Waals surface area contributed by atoms with Crippen LogP contribution in [0, 0.1) is 6.92 Å². The van der Waals surface area contributed by atoms with Gasteiger partial charge < -0.3 is 5.32 Å². The lowest BCUT2D eigenvalue weighted by Crippen LogP contribution is -2.39. The fraction of sp³-hybridized carbons (Fsp3) is 0.533. The van der Waals surface area contributed by atoms with Crippen LogP contribution in [0.3, 0.4) is 0 Å². The fourth-order valence-electron chi connectivity index (χ4n) is 2.01. The third-order valence-electron chi connectivity index (χ3n) is 3.17. The number of carbonyl (C=O) groups is 1. The zero-order valence-electron chi connectivity index (χ0n) is 13.1. The number of sulfonamides is 1. The standard InChI is InChI=1S/C15H24N2O3S/c1-12(2)17(21(4,19)20)10-9-15(18)16-11-14-7-5-13(3)6-8-14/h5-8,12H,9-11H2,1-4H3,(H,16,18). The van der Waals surface area contributed by atoms with Gasteiger partial charge in [0.15, 0.2) is 0 Å². The highest BCUT2D eigenvalue weighted by Gasteiger charge is 2.20. The van der Waals surface area contributed by atoms with Crippen LogP contribution in [0.2, 0.25) is 0 Å². The summed E-state index contributed by atoms with van der Waals surface area (Å²) in [5.41, 5.74) is 2.20. The summed E-state index contributed by atoms with van der Waals surface area (Å²) < 4.78 is 24.5. The average molecular weight is 312 g/mol. The van der Waals surface area contributed by atoms with E-state index in [4.69, 9.17) is 0 Å². The van der Waals surface area contributed by atoms with Crippen molar-refractivity contribution in [2.24, 2.45) is 0 Å². The van der Waals surface area contributed by atoms with Crippen LogP contribution in [0.1, 0.15) is 31.4 Å². The van der Waals surface area contributed by atoms with Gasteiger partial charge in [0.25, 0.3) is 0 Å². The number of amides is 1. The van der Waals surface area contributed by atoms with Gasteiger partial charge in [-0.05, 0) is 26.3 Å². The number of rotatable bonds is 7. The van der Waals surface area contributed by atoms with Crippen LogP contribution < -0.4 is 5.32 Å². The van der Waals surface area contributed by atoms with Crippen molar-refractivity contribution in [3.63, 3.8) is 0 Å². The van der Waals surface area contributed by atoms with Gasteiger partial charge in [0.1, 0.15) is 0 Å². The van der Waals surface area contributed by atoms with Crippen molar-refractivity contribution < 1.29 is 13.2 Å². The van der Waals surface area contributed by atoms with Crippen molar-refractivity contribution in [1.29, 1.82) is 0 Å². The minimum Gasteiger partial charge on any atom is -0.352 e. The summed E-state index contributed by atoms with van der Waals surface area (Å²) >= 11 is 0. The first-order valence-corrected chi connectivity index (χ1v) is 8.84. The second kappa shape index (κ2) is 7.56. The van der Waals surface area contributed by atoms with E-state index in [1.807, 2.05) is 31.2 Å². The molecule has 21 heavy (non-hydrogen) atoms. The number of nitrogens with one attached hydrogen (secondary N) is 1. The smallest absolute Gasteiger partial charge is 0.221 e. The van der Waals surface area contributed by atoms with E-state index in [1.54, 1.807) is 13.8 Å². The predicted octanol–water partition coefficient (Wildman–Crippen LogP) is 1.67. The lowest BCUT2D eigenvalue weighted by atomic mass is 10.1. The first-order chi connectivity index (χ1) is 9.70. The molecule has 0 bridgehead atoms. The minimum atomic E-state index is -3.28. The summed E-state index contributed by atoms with van der Waals surface area (Å²) in [6.45, 7) is 6.26. The molecule has 1 rings (SSSR count). The Morgan fingerprint density at radius 1 is 1.24 bits per heavy atom. The SMILES string of the molecule is Cc1ccc(CNC(=O)CCN(C(C)C)S(C)(=O)=O)cc1. The number of hydrogen-bond donors (Lipinski definition) is 1. The quantitative estimate of drug-likeness (QED) is 0.833. The van der Waals surface area contributed by atoms with E-state index in [2.05, 4.69) is 5.32 Å². The second-order valence-electron chi connectivity index (χ2n) is 5.48. The first kappa shape index (κ1) is 17.7. The topological polar surface area (TPSA) is 66.5 Å². The van der Waals surface area contributed by atoms with Crippen molar-refractivity contribution >= 4 is 15.9 Å². The minimum absolute atomic E-state index is 0.148. The second-order valence-corrected chi connectivity index (χ2v) is 7.41. The van der Waals surface area contributed by atoms with Gasteiger partial charge in [-0.15, -0.1) is 0 Å². The predicted molar refractivity (Wildman–Crippen MR) is 84.3 cm³/mol. The molecular weight excluding hydrogens is 288 g/mol. The Balaban J connectivity index is 2.45. The number of aryl methyl sites for hydroxylation is 1. The van der Waals surface area contributed by atoms with Crippen molar-refractivity contribution in [3.05, 3.63) is 35.4 Å². The summed E-state index contributed by atoms with van der Waals surface area (Å²) in [6, 6.07) is 7.76. The van der Waals surface area contributed by atoms with Gasteiger partial charge in [-0.2, -0.15) is 4.31 Å². The summed E-state index contributed by atoms with van der Waals surface area (Å²) in [4.78, 5) is 11.8. The third kappa shape index (κ3) is 6.27. The van der Waals surface area contributed by atoms with Gasteiger partial charge in [-0.25, -0.2) is 8.42 Å². The molecule has 1 amide bonds. The van der Waals surface area contributed by atoms with Crippen molar-refractivity contribution in [3.8, 4) is 0 Å². The summed E-state index contributed by atoms with van der Waals surface area (Å²) in [5, 5.41) is 2.80. The highest BCUT2D eigenvalue weighted by atomic mass is 32.2. The molecule has 6 heteroatoms. The van der Waals surface area contributed by atoms with Gasteiger partial charge in [0.05, 0.1) is 6.26 Å². The monoisotopic (exact) mass is 312 g/mol. The zero-order chi connectivity index (χ0) is 16.0. The first-order valence-electron chi connectivity index (χ1n) is 6.99. The largest absolute Gasteiger partial charge is 0.352 e. The van der Waals surface area contributed by atoms with Gasteiger partial charge >= 0.3 is 0 Å². The number of nitrogens with zero attached hydrogens (tertiary/aromatic N) is 1. The molecule has 1 N–H and O–H groups in total. The molecule has 0 unspecified atom stereocenters. The van der Waals surface area contributed by atoms with Gasteiger partial charge in [0.2, 0.25) is 15.9 Å². The molecule has 0 aromatic heterocycles. The normalized spacial score (nSPS) is 11.9. The molecule has 0 spiro atoms. The molecule has 118 valence electrons. The molecule has 0 saturated heterocycles.